The number of furan rings is 1. The maximum atomic E-state index is 13.2. The highest BCUT2D eigenvalue weighted by Gasteiger charge is 2.41. The van der Waals surface area contributed by atoms with Crippen LogP contribution in [0.5, 0.6) is 0 Å². The number of nitrogens with zero attached hydrogens (tertiary/aromatic N) is 2. The lowest BCUT2D eigenvalue weighted by Gasteiger charge is -2.25. The molecule has 2 aromatic carbocycles. The number of thiocarbonyl (C=S) groups is 1. The van der Waals surface area contributed by atoms with Gasteiger partial charge in [0.15, 0.2) is 5.11 Å². The number of hydrogen-bond acceptors (Lipinski definition) is 4. The number of pyridine rings is 1. The number of rotatable bonds is 7. The minimum Gasteiger partial charge on any atom is -0.459 e. The molecule has 0 spiro atoms. The molecule has 0 aliphatic carbocycles. The largest absolute Gasteiger partial charge is 0.459 e. The molecular formula is C28H24ClFN4O2S. The maximum absolute atomic E-state index is 13.2. The molecule has 1 aliphatic rings. The normalized spacial score (nSPS) is 17.1. The molecule has 0 unspecified atom stereocenters. The second-order valence-electron chi connectivity index (χ2n) is 8.79. The Labute approximate surface area is 224 Å². The first-order chi connectivity index (χ1) is 17.9. The van der Waals surface area contributed by atoms with Crippen LogP contribution in [0, 0.1) is 12.7 Å². The van der Waals surface area contributed by atoms with Gasteiger partial charge in [-0.15, -0.1) is 0 Å². The lowest BCUT2D eigenvalue weighted by atomic mass is 10.0. The number of anilines is 1. The molecule has 188 valence electrons. The summed E-state index contributed by atoms with van der Waals surface area (Å²) in [5.74, 6) is 0.822. The van der Waals surface area contributed by atoms with E-state index in [9.17, 15) is 9.18 Å². The zero-order valence-electron chi connectivity index (χ0n) is 19.9. The first-order valence-corrected chi connectivity index (χ1v) is 12.6. The molecule has 1 amide bonds. The van der Waals surface area contributed by atoms with Gasteiger partial charge in [0.25, 0.3) is 0 Å². The van der Waals surface area contributed by atoms with E-state index < -0.39 is 0 Å². The Morgan fingerprint density at radius 2 is 1.97 bits per heavy atom. The molecule has 1 aliphatic heterocycles. The van der Waals surface area contributed by atoms with Gasteiger partial charge in [0.1, 0.15) is 23.4 Å². The molecule has 2 atom stereocenters. The summed E-state index contributed by atoms with van der Waals surface area (Å²) >= 11 is 11.9. The van der Waals surface area contributed by atoms with Crippen LogP contribution in [0.25, 0.3) is 11.3 Å². The maximum Gasteiger partial charge on any atom is 0.226 e. The summed E-state index contributed by atoms with van der Waals surface area (Å²) in [4.78, 5) is 19.2. The number of aryl methyl sites for hydroxylation is 1. The number of carbonyl (C=O) groups is 1. The summed E-state index contributed by atoms with van der Waals surface area (Å²) in [6.45, 7) is 2.35. The van der Waals surface area contributed by atoms with Gasteiger partial charge in [0.2, 0.25) is 5.91 Å². The lowest BCUT2D eigenvalue weighted by molar-refractivity contribution is -0.116. The summed E-state index contributed by atoms with van der Waals surface area (Å²) in [6.07, 6.45) is 1.91. The van der Waals surface area contributed by atoms with Crippen LogP contribution in [0.1, 0.15) is 35.5 Å². The van der Waals surface area contributed by atoms with Gasteiger partial charge in [0, 0.05) is 35.4 Å². The van der Waals surface area contributed by atoms with Crippen LogP contribution in [0.4, 0.5) is 10.1 Å². The molecule has 0 radical (unpaired) electrons. The van der Waals surface area contributed by atoms with Crippen molar-refractivity contribution >= 4 is 40.5 Å². The third kappa shape index (κ3) is 5.50. The third-order valence-electron chi connectivity index (χ3n) is 6.29. The minimum atomic E-state index is -0.360. The Morgan fingerprint density at radius 3 is 2.73 bits per heavy atom. The van der Waals surface area contributed by atoms with E-state index in [1.807, 2.05) is 60.4 Å². The second-order valence-corrected chi connectivity index (χ2v) is 9.61. The first kappa shape index (κ1) is 24.9. The Morgan fingerprint density at radius 1 is 1.16 bits per heavy atom. The van der Waals surface area contributed by atoms with E-state index in [1.54, 1.807) is 6.20 Å². The molecule has 9 heteroatoms. The standard InChI is InChI=1S/C28H24ClFN4O2S/c1-17-5-6-18(29)16-21(17)23-11-12-24(36-23)27-26(22-4-2-3-14-31-22)33-28(37)34(27)15-13-25(35)32-20-9-7-19(30)8-10-20/h2-12,14,16,26-27H,13,15H2,1H3,(H,32,35)(H,33,37)/t26-,27-/m1/s1. The molecule has 5 rings (SSSR count). The van der Waals surface area contributed by atoms with E-state index in [0.29, 0.717) is 33.9 Å². The van der Waals surface area contributed by atoms with Crippen molar-refractivity contribution in [3.8, 4) is 11.3 Å². The topological polar surface area (TPSA) is 70.4 Å². The predicted molar refractivity (Wildman–Crippen MR) is 146 cm³/mol. The van der Waals surface area contributed by atoms with E-state index in [1.165, 1.54) is 24.3 Å². The predicted octanol–water partition coefficient (Wildman–Crippen LogP) is 6.44. The fourth-order valence-electron chi connectivity index (χ4n) is 4.45. The summed E-state index contributed by atoms with van der Waals surface area (Å²) in [7, 11) is 0. The average molecular weight is 535 g/mol. The van der Waals surface area contributed by atoms with Crippen molar-refractivity contribution < 1.29 is 13.6 Å². The molecule has 2 N–H and O–H groups in total. The van der Waals surface area contributed by atoms with Crippen molar-refractivity contribution in [3.63, 3.8) is 0 Å². The summed E-state index contributed by atoms with van der Waals surface area (Å²) in [6, 6.07) is 20.3. The monoisotopic (exact) mass is 534 g/mol. The average Bonchev–Trinajstić information content (AvgIpc) is 3.50. The van der Waals surface area contributed by atoms with Crippen molar-refractivity contribution in [3.05, 3.63) is 107 Å². The van der Waals surface area contributed by atoms with Gasteiger partial charge in [-0.3, -0.25) is 9.78 Å². The molecule has 6 nitrogen and oxygen atoms in total. The fourth-order valence-corrected chi connectivity index (χ4v) is 4.95. The zero-order chi connectivity index (χ0) is 25.9. The van der Waals surface area contributed by atoms with Crippen LogP contribution in [-0.4, -0.2) is 27.4 Å². The van der Waals surface area contributed by atoms with E-state index in [2.05, 4.69) is 15.6 Å². The molecule has 0 bridgehead atoms. The van der Waals surface area contributed by atoms with Crippen molar-refractivity contribution in [2.24, 2.45) is 0 Å². The van der Waals surface area contributed by atoms with Crippen molar-refractivity contribution in [1.82, 2.24) is 15.2 Å². The highest BCUT2D eigenvalue weighted by atomic mass is 35.5. The van der Waals surface area contributed by atoms with Gasteiger partial charge >= 0.3 is 0 Å². The Hall–Kier alpha value is -3.75. The van der Waals surface area contributed by atoms with Gasteiger partial charge in [-0.1, -0.05) is 23.7 Å². The number of aromatic nitrogens is 1. The van der Waals surface area contributed by atoms with Crippen molar-refractivity contribution in [1.29, 1.82) is 0 Å². The van der Waals surface area contributed by atoms with Crippen LogP contribution in [0.2, 0.25) is 5.02 Å². The SMILES string of the molecule is Cc1ccc(Cl)cc1-c1ccc([C@@H]2[C@@H](c3ccccn3)NC(=S)N2CCC(=O)Nc2ccc(F)cc2)o1. The number of benzene rings is 2. The third-order valence-corrected chi connectivity index (χ3v) is 6.88. The van der Waals surface area contributed by atoms with E-state index in [4.69, 9.17) is 28.2 Å². The molecule has 1 fully saturated rings. The molecular weight excluding hydrogens is 511 g/mol. The lowest BCUT2D eigenvalue weighted by Crippen LogP contribution is -2.32. The first-order valence-electron chi connectivity index (χ1n) is 11.8. The van der Waals surface area contributed by atoms with Crippen molar-refractivity contribution in [2.75, 3.05) is 11.9 Å². The number of hydrogen-bond donors (Lipinski definition) is 2. The molecule has 3 heterocycles. The number of halogens is 2. The number of nitrogens with one attached hydrogen (secondary N) is 2. The van der Waals surface area contributed by atoms with Gasteiger partial charge < -0.3 is 20.0 Å². The Balaban J connectivity index is 1.41. The van der Waals surface area contributed by atoms with Gasteiger partial charge in [-0.25, -0.2) is 4.39 Å². The Kier molecular flexibility index (Phi) is 7.21. The number of amides is 1. The van der Waals surface area contributed by atoms with Gasteiger partial charge in [-0.2, -0.15) is 0 Å². The highest BCUT2D eigenvalue weighted by Crippen LogP contribution is 2.41. The molecule has 1 saturated heterocycles. The second kappa shape index (κ2) is 10.7. The number of carbonyl (C=O) groups excluding carboxylic acids is 1. The summed E-state index contributed by atoms with van der Waals surface area (Å²) < 4.78 is 19.6. The van der Waals surface area contributed by atoms with Gasteiger partial charge in [-0.05, 0) is 85.4 Å². The molecule has 0 saturated carbocycles. The molecule has 4 aromatic rings. The van der Waals surface area contributed by atoms with Crippen LogP contribution in [0.3, 0.4) is 0 Å². The summed E-state index contributed by atoms with van der Waals surface area (Å²) in [5, 5.41) is 7.29. The van der Waals surface area contributed by atoms with E-state index in [0.717, 1.165) is 16.8 Å². The minimum absolute atomic E-state index is 0.172. The van der Waals surface area contributed by atoms with Crippen LogP contribution >= 0.6 is 23.8 Å². The van der Waals surface area contributed by atoms with Crippen LogP contribution in [-0.2, 0) is 4.79 Å². The Bertz CT molecular complexity index is 1430. The van der Waals surface area contributed by atoms with E-state index >= 15 is 0 Å². The highest BCUT2D eigenvalue weighted by molar-refractivity contribution is 7.80. The van der Waals surface area contributed by atoms with Crippen LogP contribution in [0.15, 0.2) is 83.4 Å². The molecule has 37 heavy (non-hydrogen) atoms. The quantitative estimate of drug-likeness (QED) is 0.266. The van der Waals surface area contributed by atoms with Crippen LogP contribution < -0.4 is 10.6 Å². The van der Waals surface area contributed by atoms with E-state index in [-0.39, 0.29) is 30.2 Å². The van der Waals surface area contributed by atoms with Gasteiger partial charge in [0.05, 0.1) is 11.7 Å². The fraction of sp³-hybridized carbons (Fsp3) is 0.179. The zero-order valence-corrected chi connectivity index (χ0v) is 21.5. The molecule has 2 aromatic heterocycles. The summed E-state index contributed by atoms with van der Waals surface area (Å²) in [5.41, 5.74) is 3.29. The smallest absolute Gasteiger partial charge is 0.226 e. The van der Waals surface area contributed by atoms with Crippen molar-refractivity contribution in [2.45, 2.75) is 25.4 Å².